The molecule has 0 spiro atoms. The van der Waals surface area contributed by atoms with Crippen molar-refractivity contribution >= 4 is 11.9 Å². The molecular formula is C10H9NO5. The summed E-state index contributed by atoms with van der Waals surface area (Å²) in [5, 5.41) is 0. The maximum absolute atomic E-state index is 11.4. The van der Waals surface area contributed by atoms with Gasteiger partial charge in [-0.15, -0.1) is 0 Å². The molecule has 0 fully saturated rings. The Kier molecular flexibility index (Phi) is 2.63. The van der Waals surface area contributed by atoms with E-state index in [1.807, 2.05) is 0 Å². The number of carbonyl (C=O) groups is 2. The van der Waals surface area contributed by atoms with Gasteiger partial charge in [0.25, 0.3) is 5.91 Å². The number of esters is 1. The van der Waals surface area contributed by atoms with Crippen LogP contribution in [0.2, 0.25) is 0 Å². The molecule has 16 heavy (non-hydrogen) atoms. The first kappa shape index (κ1) is 10.3. The average molecular weight is 223 g/mol. The average Bonchev–Trinajstić information content (AvgIpc) is 2.72. The molecule has 0 atom stereocenters. The molecule has 0 saturated carbocycles. The van der Waals surface area contributed by atoms with Gasteiger partial charge in [0.05, 0.1) is 5.56 Å². The Labute approximate surface area is 90.9 Å². The summed E-state index contributed by atoms with van der Waals surface area (Å²) in [7, 11) is 0. The Morgan fingerprint density at radius 2 is 2.06 bits per heavy atom. The fourth-order valence-corrected chi connectivity index (χ4v) is 1.24. The minimum absolute atomic E-state index is 0.134. The fraction of sp³-hybridized carbons (Fsp3) is 0.200. The number of primary amides is 1. The van der Waals surface area contributed by atoms with E-state index in [0.29, 0.717) is 11.5 Å². The number of ether oxygens (including phenoxy) is 3. The van der Waals surface area contributed by atoms with Gasteiger partial charge in [0.1, 0.15) is 0 Å². The van der Waals surface area contributed by atoms with Crippen LogP contribution in [0.1, 0.15) is 10.4 Å². The summed E-state index contributed by atoms with van der Waals surface area (Å²) in [5.41, 5.74) is 5.13. The molecule has 0 saturated heterocycles. The van der Waals surface area contributed by atoms with Crippen molar-refractivity contribution in [3.05, 3.63) is 23.8 Å². The van der Waals surface area contributed by atoms with E-state index >= 15 is 0 Å². The molecule has 2 N–H and O–H groups in total. The summed E-state index contributed by atoms with van der Waals surface area (Å²) in [6, 6.07) is 4.62. The number of hydrogen-bond donors (Lipinski definition) is 1. The molecular weight excluding hydrogens is 214 g/mol. The van der Waals surface area contributed by atoms with Gasteiger partial charge in [-0.05, 0) is 18.2 Å². The molecule has 6 heteroatoms. The van der Waals surface area contributed by atoms with Gasteiger partial charge in [0.15, 0.2) is 18.1 Å². The lowest BCUT2D eigenvalue weighted by atomic mass is 10.2. The van der Waals surface area contributed by atoms with Crippen molar-refractivity contribution in [2.45, 2.75) is 0 Å². The summed E-state index contributed by atoms with van der Waals surface area (Å²) >= 11 is 0. The number of nitrogens with two attached hydrogens (primary N) is 1. The Balaban J connectivity index is 2.09. The van der Waals surface area contributed by atoms with Crippen LogP contribution in [-0.2, 0) is 9.53 Å². The van der Waals surface area contributed by atoms with Gasteiger partial charge in [-0.25, -0.2) is 4.79 Å². The first-order chi connectivity index (χ1) is 7.66. The number of rotatable bonds is 3. The van der Waals surface area contributed by atoms with E-state index in [-0.39, 0.29) is 12.4 Å². The van der Waals surface area contributed by atoms with E-state index in [1.165, 1.54) is 12.1 Å². The van der Waals surface area contributed by atoms with Crippen LogP contribution in [-0.4, -0.2) is 25.3 Å². The Bertz CT molecular complexity index is 443. The van der Waals surface area contributed by atoms with Crippen LogP contribution in [0.25, 0.3) is 0 Å². The topological polar surface area (TPSA) is 87.9 Å². The number of amides is 1. The summed E-state index contributed by atoms with van der Waals surface area (Å²) in [5.74, 6) is -0.272. The van der Waals surface area contributed by atoms with Gasteiger partial charge in [-0.1, -0.05) is 0 Å². The predicted octanol–water partition coefficient (Wildman–Crippen LogP) is 0.0574. The van der Waals surface area contributed by atoms with Crippen LogP contribution in [0.15, 0.2) is 18.2 Å². The van der Waals surface area contributed by atoms with Crippen molar-refractivity contribution in [2.75, 3.05) is 13.4 Å². The molecule has 84 valence electrons. The molecule has 1 aliphatic rings. The van der Waals surface area contributed by atoms with Crippen LogP contribution in [0.5, 0.6) is 11.5 Å². The summed E-state index contributed by atoms with van der Waals surface area (Å²) in [4.78, 5) is 21.8. The van der Waals surface area contributed by atoms with Crippen LogP contribution >= 0.6 is 0 Å². The van der Waals surface area contributed by atoms with Crippen molar-refractivity contribution in [3.8, 4) is 11.5 Å². The van der Waals surface area contributed by atoms with Crippen LogP contribution in [0.3, 0.4) is 0 Å². The molecule has 1 aromatic rings. The Morgan fingerprint density at radius 3 is 2.81 bits per heavy atom. The molecule has 6 nitrogen and oxygen atoms in total. The van der Waals surface area contributed by atoms with Gasteiger partial charge in [-0.3, -0.25) is 4.79 Å². The predicted molar refractivity (Wildman–Crippen MR) is 52.0 cm³/mol. The van der Waals surface area contributed by atoms with E-state index < -0.39 is 18.5 Å². The zero-order valence-corrected chi connectivity index (χ0v) is 8.26. The van der Waals surface area contributed by atoms with Crippen molar-refractivity contribution in [1.82, 2.24) is 0 Å². The highest BCUT2D eigenvalue weighted by Crippen LogP contribution is 2.32. The third kappa shape index (κ3) is 2.05. The quantitative estimate of drug-likeness (QED) is 0.732. The van der Waals surface area contributed by atoms with Crippen LogP contribution < -0.4 is 15.2 Å². The number of hydrogen-bond acceptors (Lipinski definition) is 5. The highest BCUT2D eigenvalue weighted by molar-refractivity contribution is 5.91. The molecule has 1 aliphatic heterocycles. The summed E-state index contributed by atoms with van der Waals surface area (Å²) < 4.78 is 14.8. The SMILES string of the molecule is NC(=O)COC(=O)c1ccc2c(c1)OCO2. The minimum Gasteiger partial charge on any atom is -0.454 e. The summed E-state index contributed by atoms with van der Waals surface area (Å²) in [6.07, 6.45) is 0. The lowest BCUT2D eigenvalue weighted by Crippen LogP contribution is -2.20. The number of fused-ring (bicyclic) bond motifs is 1. The largest absolute Gasteiger partial charge is 0.454 e. The zero-order chi connectivity index (χ0) is 11.5. The molecule has 0 aliphatic carbocycles. The van der Waals surface area contributed by atoms with Crippen LogP contribution in [0, 0.1) is 0 Å². The van der Waals surface area contributed by atoms with E-state index in [0.717, 1.165) is 0 Å². The maximum Gasteiger partial charge on any atom is 0.338 e. The Hall–Kier alpha value is -2.24. The van der Waals surface area contributed by atoms with E-state index in [4.69, 9.17) is 15.2 Å². The lowest BCUT2D eigenvalue weighted by Gasteiger charge is -2.03. The molecule has 0 unspecified atom stereocenters. The molecule has 2 rings (SSSR count). The van der Waals surface area contributed by atoms with E-state index in [2.05, 4.69) is 4.74 Å². The van der Waals surface area contributed by atoms with Crippen molar-refractivity contribution < 1.29 is 23.8 Å². The summed E-state index contributed by atoms with van der Waals surface area (Å²) in [6.45, 7) is -0.303. The molecule has 0 aromatic heterocycles. The first-order valence-corrected chi connectivity index (χ1v) is 4.52. The number of benzene rings is 1. The van der Waals surface area contributed by atoms with E-state index in [1.54, 1.807) is 6.07 Å². The molecule has 0 bridgehead atoms. The highest BCUT2D eigenvalue weighted by atomic mass is 16.7. The van der Waals surface area contributed by atoms with Gasteiger partial charge < -0.3 is 19.9 Å². The third-order valence-corrected chi connectivity index (χ3v) is 1.95. The van der Waals surface area contributed by atoms with Gasteiger partial charge in [-0.2, -0.15) is 0 Å². The van der Waals surface area contributed by atoms with Gasteiger partial charge in [0, 0.05) is 0 Å². The van der Waals surface area contributed by atoms with Crippen molar-refractivity contribution in [3.63, 3.8) is 0 Å². The van der Waals surface area contributed by atoms with Gasteiger partial charge >= 0.3 is 5.97 Å². The van der Waals surface area contributed by atoms with Crippen molar-refractivity contribution in [1.29, 1.82) is 0 Å². The third-order valence-electron chi connectivity index (χ3n) is 1.95. The zero-order valence-electron chi connectivity index (χ0n) is 8.26. The van der Waals surface area contributed by atoms with E-state index in [9.17, 15) is 9.59 Å². The second kappa shape index (κ2) is 4.09. The molecule has 1 heterocycles. The maximum atomic E-state index is 11.4. The van der Waals surface area contributed by atoms with Crippen LogP contribution in [0.4, 0.5) is 0 Å². The first-order valence-electron chi connectivity index (χ1n) is 4.52. The Morgan fingerprint density at radius 1 is 1.31 bits per heavy atom. The second-order valence-electron chi connectivity index (χ2n) is 3.11. The monoisotopic (exact) mass is 223 g/mol. The normalized spacial score (nSPS) is 12.2. The number of carbonyl (C=O) groups excluding carboxylic acids is 2. The second-order valence-corrected chi connectivity index (χ2v) is 3.11. The lowest BCUT2D eigenvalue weighted by molar-refractivity contribution is -0.121. The standard InChI is InChI=1S/C10H9NO5/c11-9(12)4-14-10(13)6-1-2-7-8(3-6)16-5-15-7/h1-3H,4-5H2,(H2,11,12). The minimum atomic E-state index is -0.700. The smallest absolute Gasteiger partial charge is 0.338 e. The molecule has 1 aromatic carbocycles. The van der Waals surface area contributed by atoms with Crippen molar-refractivity contribution in [2.24, 2.45) is 5.73 Å². The fourth-order valence-electron chi connectivity index (χ4n) is 1.24. The van der Waals surface area contributed by atoms with Gasteiger partial charge in [0.2, 0.25) is 6.79 Å². The molecule has 0 radical (unpaired) electrons. The highest BCUT2D eigenvalue weighted by Gasteiger charge is 2.17. The molecule has 1 amide bonds.